The first-order chi connectivity index (χ1) is 12.7. The van der Waals surface area contributed by atoms with Gasteiger partial charge in [-0.05, 0) is 56.2 Å². The number of H-pyrrole nitrogens is 1. The second kappa shape index (κ2) is 7.32. The average Bonchev–Trinajstić information content (AvgIpc) is 3.16. The van der Waals surface area contributed by atoms with E-state index in [1.54, 1.807) is 6.20 Å². The summed E-state index contributed by atoms with van der Waals surface area (Å²) in [6.45, 7) is 3.83. The average molecular weight is 347 g/mol. The van der Waals surface area contributed by atoms with Crippen molar-refractivity contribution < 1.29 is 4.79 Å². The normalized spacial score (nSPS) is 15.5. The molecular weight excluding hydrogens is 322 g/mol. The van der Waals surface area contributed by atoms with Gasteiger partial charge in [0.15, 0.2) is 0 Å². The zero-order valence-electron chi connectivity index (χ0n) is 15.2. The van der Waals surface area contributed by atoms with Crippen LogP contribution < -0.4 is 0 Å². The minimum Gasteiger partial charge on any atom is -0.339 e. The molecule has 1 aliphatic rings. The van der Waals surface area contributed by atoms with E-state index in [0.717, 1.165) is 48.8 Å². The quantitative estimate of drug-likeness (QED) is 0.762. The maximum Gasteiger partial charge on any atom is 0.254 e. The fourth-order valence-corrected chi connectivity index (χ4v) is 3.88. The summed E-state index contributed by atoms with van der Waals surface area (Å²) in [6.07, 6.45) is 6.28. The van der Waals surface area contributed by atoms with Gasteiger partial charge in [0.1, 0.15) is 0 Å². The number of fused-ring (bicyclic) bond motifs is 1. The van der Waals surface area contributed by atoms with Crippen LogP contribution in [0.5, 0.6) is 0 Å². The Balaban J connectivity index is 1.34. The van der Waals surface area contributed by atoms with E-state index in [1.165, 1.54) is 17.5 Å². The number of rotatable bonds is 4. The number of aryl methyl sites for hydroxylation is 2. The molecule has 1 N–H and O–H groups in total. The van der Waals surface area contributed by atoms with E-state index >= 15 is 0 Å². The summed E-state index contributed by atoms with van der Waals surface area (Å²) in [7, 11) is 0. The standard InChI is InChI=1S/C22H25N3O/c1-16-5-7-17(8-6-16)9-10-18-11-13-25(14-12-18)22(26)19-3-2-4-21-20(19)15-23-24-21/h2-8,15,18H,9-14H2,1H3,(H,23,24). The fraction of sp³-hybridized carbons (Fsp3) is 0.364. The van der Waals surface area contributed by atoms with Gasteiger partial charge in [0.25, 0.3) is 5.91 Å². The van der Waals surface area contributed by atoms with Crippen LogP contribution in [0.1, 0.15) is 40.7 Å². The highest BCUT2D eigenvalue weighted by atomic mass is 16.2. The highest BCUT2D eigenvalue weighted by molar-refractivity contribution is 6.06. The number of aromatic amines is 1. The highest BCUT2D eigenvalue weighted by Gasteiger charge is 2.24. The Hall–Kier alpha value is -2.62. The summed E-state index contributed by atoms with van der Waals surface area (Å²) in [5.41, 5.74) is 4.41. The van der Waals surface area contributed by atoms with Crippen LogP contribution in [0.4, 0.5) is 0 Å². The minimum atomic E-state index is 0.133. The molecule has 0 atom stereocenters. The maximum atomic E-state index is 12.9. The van der Waals surface area contributed by atoms with Crippen molar-refractivity contribution in [3.8, 4) is 0 Å². The lowest BCUT2D eigenvalue weighted by atomic mass is 9.90. The molecule has 1 fully saturated rings. The van der Waals surface area contributed by atoms with E-state index in [9.17, 15) is 4.79 Å². The summed E-state index contributed by atoms with van der Waals surface area (Å²) in [5.74, 6) is 0.846. The second-order valence-electron chi connectivity index (χ2n) is 7.40. The number of nitrogens with one attached hydrogen (secondary N) is 1. The van der Waals surface area contributed by atoms with Crippen LogP contribution in [0.25, 0.3) is 10.9 Å². The van der Waals surface area contributed by atoms with Crippen molar-refractivity contribution in [1.82, 2.24) is 15.1 Å². The van der Waals surface area contributed by atoms with Crippen LogP contribution in [0.2, 0.25) is 0 Å². The van der Waals surface area contributed by atoms with Gasteiger partial charge in [0, 0.05) is 18.5 Å². The molecule has 0 aliphatic carbocycles. The monoisotopic (exact) mass is 347 g/mol. The number of nitrogens with zero attached hydrogens (tertiary/aromatic N) is 2. The number of hydrogen-bond donors (Lipinski definition) is 1. The molecule has 0 unspecified atom stereocenters. The van der Waals surface area contributed by atoms with Gasteiger partial charge in [-0.15, -0.1) is 0 Å². The van der Waals surface area contributed by atoms with Crippen LogP contribution in [0.3, 0.4) is 0 Å². The lowest BCUT2D eigenvalue weighted by Crippen LogP contribution is -2.38. The first-order valence-electron chi connectivity index (χ1n) is 9.47. The summed E-state index contributed by atoms with van der Waals surface area (Å²) in [4.78, 5) is 14.9. The van der Waals surface area contributed by atoms with E-state index in [4.69, 9.17) is 0 Å². The number of aromatic nitrogens is 2. The van der Waals surface area contributed by atoms with Crippen LogP contribution in [0.15, 0.2) is 48.7 Å². The zero-order chi connectivity index (χ0) is 17.9. The Kier molecular flexibility index (Phi) is 4.74. The van der Waals surface area contributed by atoms with E-state index < -0.39 is 0 Å². The van der Waals surface area contributed by atoms with Crippen molar-refractivity contribution in [2.75, 3.05) is 13.1 Å². The number of carbonyl (C=O) groups is 1. The third-order valence-corrected chi connectivity index (χ3v) is 5.58. The molecule has 26 heavy (non-hydrogen) atoms. The molecule has 134 valence electrons. The minimum absolute atomic E-state index is 0.133. The molecule has 1 saturated heterocycles. The molecule has 1 amide bonds. The molecule has 2 heterocycles. The van der Waals surface area contributed by atoms with E-state index in [1.807, 2.05) is 23.1 Å². The van der Waals surface area contributed by atoms with Gasteiger partial charge in [-0.1, -0.05) is 35.9 Å². The zero-order valence-corrected chi connectivity index (χ0v) is 15.2. The molecule has 4 heteroatoms. The summed E-state index contributed by atoms with van der Waals surface area (Å²) >= 11 is 0. The van der Waals surface area contributed by atoms with Crippen molar-refractivity contribution in [2.24, 2.45) is 5.92 Å². The Bertz CT molecular complexity index is 889. The van der Waals surface area contributed by atoms with Crippen molar-refractivity contribution in [3.63, 3.8) is 0 Å². The fourth-order valence-electron chi connectivity index (χ4n) is 3.88. The lowest BCUT2D eigenvalue weighted by molar-refractivity contribution is 0.0689. The molecular formula is C22H25N3O. The molecule has 0 spiro atoms. The van der Waals surface area contributed by atoms with Crippen molar-refractivity contribution in [1.29, 1.82) is 0 Å². The number of hydrogen-bond acceptors (Lipinski definition) is 2. The predicted molar refractivity (Wildman–Crippen MR) is 104 cm³/mol. The number of piperidine rings is 1. The van der Waals surface area contributed by atoms with Gasteiger partial charge in [0.05, 0.1) is 17.3 Å². The molecule has 3 aromatic rings. The van der Waals surface area contributed by atoms with Gasteiger partial charge >= 0.3 is 0 Å². The lowest BCUT2D eigenvalue weighted by Gasteiger charge is -2.32. The number of amides is 1. The molecule has 4 nitrogen and oxygen atoms in total. The summed E-state index contributed by atoms with van der Waals surface area (Å²) in [5, 5.41) is 7.92. The van der Waals surface area contributed by atoms with Crippen molar-refractivity contribution in [3.05, 3.63) is 65.4 Å². The Morgan fingerprint density at radius 3 is 2.69 bits per heavy atom. The number of benzene rings is 2. The van der Waals surface area contributed by atoms with Crippen LogP contribution in [0, 0.1) is 12.8 Å². The number of likely N-dealkylation sites (tertiary alicyclic amines) is 1. The first-order valence-corrected chi connectivity index (χ1v) is 9.47. The van der Waals surface area contributed by atoms with Crippen LogP contribution >= 0.6 is 0 Å². The van der Waals surface area contributed by atoms with Gasteiger partial charge in [-0.3, -0.25) is 9.89 Å². The van der Waals surface area contributed by atoms with Gasteiger partial charge in [-0.25, -0.2) is 0 Å². The molecule has 0 bridgehead atoms. The molecule has 1 aromatic heterocycles. The van der Waals surface area contributed by atoms with Gasteiger partial charge in [0.2, 0.25) is 0 Å². The topological polar surface area (TPSA) is 49.0 Å². The van der Waals surface area contributed by atoms with E-state index in [0.29, 0.717) is 5.92 Å². The van der Waals surface area contributed by atoms with E-state index in [2.05, 4.69) is 41.4 Å². The molecule has 1 aliphatic heterocycles. The summed E-state index contributed by atoms with van der Waals surface area (Å²) in [6, 6.07) is 14.6. The molecule has 0 saturated carbocycles. The molecule has 4 rings (SSSR count). The first kappa shape index (κ1) is 16.8. The third-order valence-electron chi connectivity index (χ3n) is 5.58. The largest absolute Gasteiger partial charge is 0.339 e. The van der Waals surface area contributed by atoms with Crippen LogP contribution in [-0.2, 0) is 6.42 Å². The van der Waals surface area contributed by atoms with Crippen LogP contribution in [-0.4, -0.2) is 34.1 Å². The third kappa shape index (κ3) is 3.50. The maximum absolute atomic E-state index is 12.9. The predicted octanol–water partition coefficient (Wildman–Crippen LogP) is 4.36. The molecule has 0 radical (unpaired) electrons. The smallest absolute Gasteiger partial charge is 0.254 e. The summed E-state index contributed by atoms with van der Waals surface area (Å²) < 4.78 is 0. The second-order valence-corrected chi connectivity index (χ2v) is 7.40. The van der Waals surface area contributed by atoms with E-state index in [-0.39, 0.29) is 5.91 Å². The SMILES string of the molecule is Cc1ccc(CCC2CCN(C(=O)c3cccc4[nH]ncc34)CC2)cc1. The highest BCUT2D eigenvalue weighted by Crippen LogP contribution is 2.25. The Morgan fingerprint density at radius 2 is 1.92 bits per heavy atom. The number of carbonyl (C=O) groups excluding carboxylic acids is 1. The van der Waals surface area contributed by atoms with Gasteiger partial charge < -0.3 is 4.90 Å². The van der Waals surface area contributed by atoms with Crippen molar-refractivity contribution in [2.45, 2.75) is 32.6 Å². The molecule has 2 aromatic carbocycles. The van der Waals surface area contributed by atoms with Gasteiger partial charge in [-0.2, -0.15) is 5.10 Å². The van der Waals surface area contributed by atoms with Crippen molar-refractivity contribution >= 4 is 16.8 Å². The Morgan fingerprint density at radius 1 is 1.15 bits per heavy atom. The Labute approximate surface area is 154 Å².